The standard InChI is InChI=1S/C11H14N2O/c1-9-6-10(4-5-12-9)11(8-14)7-13(2)3/h4-8H,1-3H3. The number of aryl methyl sites for hydroxylation is 1. The lowest BCUT2D eigenvalue weighted by atomic mass is 10.1. The van der Waals surface area contributed by atoms with Gasteiger partial charge in [-0.3, -0.25) is 9.78 Å². The number of hydrogen-bond acceptors (Lipinski definition) is 3. The first kappa shape index (κ1) is 10.4. The largest absolute Gasteiger partial charge is 0.383 e. The van der Waals surface area contributed by atoms with E-state index in [0.717, 1.165) is 17.5 Å². The van der Waals surface area contributed by atoms with Gasteiger partial charge in [0.15, 0.2) is 6.29 Å². The molecule has 74 valence electrons. The van der Waals surface area contributed by atoms with Crippen LogP contribution in [0.15, 0.2) is 24.5 Å². The second kappa shape index (κ2) is 4.56. The second-order valence-electron chi connectivity index (χ2n) is 3.35. The van der Waals surface area contributed by atoms with Gasteiger partial charge in [0.1, 0.15) is 0 Å². The van der Waals surface area contributed by atoms with Crippen LogP contribution >= 0.6 is 0 Å². The summed E-state index contributed by atoms with van der Waals surface area (Å²) in [7, 11) is 3.77. The highest BCUT2D eigenvalue weighted by Gasteiger charge is 2.00. The lowest BCUT2D eigenvalue weighted by Gasteiger charge is -2.07. The number of allylic oxidation sites excluding steroid dienone is 1. The molecular formula is C11H14N2O. The van der Waals surface area contributed by atoms with Crippen molar-refractivity contribution in [1.29, 1.82) is 0 Å². The number of carbonyl (C=O) groups is 1. The highest BCUT2D eigenvalue weighted by atomic mass is 16.1. The van der Waals surface area contributed by atoms with Gasteiger partial charge in [-0.15, -0.1) is 0 Å². The Kier molecular flexibility index (Phi) is 3.40. The maximum Gasteiger partial charge on any atom is 0.152 e. The topological polar surface area (TPSA) is 33.2 Å². The van der Waals surface area contributed by atoms with Gasteiger partial charge in [0.25, 0.3) is 0 Å². The lowest BCUT2D eigenvalue weighted by molar-refractivity contribution is -0.103. The van der Waals surface area contributed by atoms with Crippen molar-refractivity contribution in [3.05, 3.63) is 35.8 Å². The Morgan fingerprint density at radius 1 is 1.50 bits per heavy atom. The fraction of sp³-hybridized carbons (Fsp3) is 0.273. The molecule has 0 aliphatic rings. The van der Waals surface area contributed by atoms with Gasteiger partial charge in [0.05, 0.1) is 0 Å². The molecule has 1 aromatic rings. The highest BCUT2D eigenvalue weighted by Crippen LogP contribution is 2.12. The number of carbonyl (C=O) groups excluding carboxylic acids is 1. The molecule has 3 nitrogen and oxygen atoms in total. The van der Waals surface area contributed by atoms with Crippen molar-refractivity contribution in [2.75, 3.05) is 14.1 Å². The highest BCUT2D eigenvalue weighted by molar-refractivity contribution is 6.06. The third-order valence-electron chi connectivity index (χ3n) is 1.75. The van der Waals surface area contributed by atoms with Gasteiger partial charge < -0.3 is 4.90 Å². The summed E-state index contributed by atoms with van der Waals surface area (Å²) in [4.78, 5) is 16.8. The van der Waals surface area contributed by atoms with Crippen molar-refractivity contribution in [2.45, 2.75) is 6.92 Å². The molecule has 0 saturated heterocycles. The average molecular weight is 190 g/mol. The predicted molar refractivity (Wildman–Crippen MR) is 56.7 cm³/mol. The van der Waals surface area contributed by atoms with Crippen LogP contribution in [0, 0.1) is 6.92 Å². The van der Waals surface area contributed by atoms with Crippen molar-refractivity contribution in [3.8, 4) is 0 Å². The third-order valence-corrected chi connectivity index (χ3v) is 1.75. The van der Waals surface area contributed by atoms with Crippen LogP contribution < -0.4 is 0 Å². The molecule has 0 N–H and O–H groups in total. The lowest BCUT2D eigenvalue weighted by Crippen LogP contribution is -2.03. The number of rotatable bonds is 3. The zero-order valence-electron chi connectivity index (χ0n) is 8.69. The van der Waals surface area contributed by atoms with Gasteiger partial charge >= 0.3 is 0 Å². The molecule has 0 bridgehead atoms. The first-order chi connectivity index (χ1) is 6.63. The van der Waals surface area contributed by atoms with Crippen molar-refractivity contribution >= 4 is 11.9 Å². The van der Waals surface area contributed by atoms with E-state index in [9.17, 15) is 4.79 Å². The Balaban J connectivity index is 3.07. The van der Waals surface area contributed by atoms with E-state index in [4.69, 9.17) is 0 Å². The Bertz CT molecular complexity index is 356. The molecule has 0 unspecified atom stereocenters. The number of nitrogens with zero attached hydrogens (tertiary/aromatic N) is 2. The summed E-state index contributed by atoms with van der Waals surface area (Å²) in [5, 5.41) is 0. The van der Waals surface area contributed by atoms with Gasteiger partial charge in [-0.1, -0.05) is 0 Å². The van der Waals surface area contributed by atoms with Gasteiger partial charge in [-0.25, -0.2) is 0 Å². The molecule has 0 atom stereocenters. The Hall–Kier alpha value is -1.64. The minimum atomic E-state index is 0.667. The number of hydrogen-bond donors (Lipinski definition) is 0. The molecule has 0 amide bonds. The monoisotopic (exact) mass is 190 g/mol. The smallest absolute Gasteiger partial charge is 0.152 e. The molecule has 0 fully saturated rings. The van der Waals surface area contributed by atoms with Gasteiger partial charge in [-0.2, -0.15) is 0 Å². The molecular weight excluding hydrogens is 176 g/mol. The molecule has 0 radical (unpaired) electrons. The summed E-state index contributed by atoms with van der Waals surface area (Å²) in [6.07, 6.45) is 4.36. The maximum absolute atomic E-state index is 10.8. The van der Waals surface area contributed by atoms with Gasteiger partial charge in [-0.05, 0) is 24.6 Å². The first-order valence-electron chi connectivity index (χ1n) is 4.40. The van der Waals surface area contributed by atoms with Gasteiger partial charge in [0.2, 0.25) is 0 Å². The molecule has 1 rings (SSSR count). The Morgan fingerprint density at radius 3 is 2.71 bits per heavy atom. The number of aldehydes is 1. The summed E-state index contributed by atoms with van der Waals surface area (Å²) >= 11 is 0. The summed E-state index contributed by atoms with van der Waals surface area (Å²) in [5.74, 6) is 0. The van der Waals surface area contributed by atoms with E-state index < -0.39 is 0 Å². The zero-order chi connectivity index (χ0) is 10.6. The Labute approximate surface area is 84.1 Å². The summed E-state index contributed by atoms with van der Waals surface area (Å²) in [6, 6.07) is 3.72. The van der Waals surface area contributed by atoms with E-state index in [1.807, 2.05) is 38.1 Å². The first-order valence-corrected chi connectivity index (χ1v) is 4.40. The number of pyridine rings is 1. The van der Waals surface area contributed by atoms with Crippen LogP contribution in [0.4, 0.5) is 0 Å². The SMILES string of the molecule is Cc1cc(C(C=O)=CN(C)C)ccn1. The quantitative estimate of drug-likeness (QED) is 0.535. The second-order valence-corrected chi connectivity index (χ2v) is 3.35. The summed E-state index contributed by atoms with van der Waals surface area (Å²) in [5.41, 5.74) is 2.48. The van der Waals surface area contributed by atoms with E-state index in [0.29, 0.717) is 5.57 Å². The Morgan fingerprint density at radius 2 is 2.21 bits per heavy atom. The average Bonchev–Trinajstić information content (AvgIpc) is 2.14. The normalized spacial score (nSPS) is 11.2. The minimum Gasteiger partial charge on any atom is -0.383 e. The maximum atomic E-state index is 10.8. The van der Waals surface area contributed by atoms with Crippen molar-refractivity contribution in [2.24, 2.45) is 0 Å². The molecule has 0 aliphatic carbocycles. The van der Waals surface area contributed by atoms with Crippen molar-refractivity contribution in [1.82, 2.24) is 9.88 Å². The molecule has 14 heavy (non-hydrogen) atoms. The van der Waals surface area contributed by atoms with Crippen LogP contribution in [0.25, 0.3) is 5.57 Å². The molecule has 0 spiro atoms. The molecule has 0 aliphatic heterocycles. The van der Waals surface area contributed by atoms with E-state index >= 15 is 0 Å². The molecule has 0 saturated carbocycles. The third kappa shape index (κ3) is 2.69. The zero-order valence-corrected chi connectivity index (χ0v) is 8.69. The fourth-order valence-electron chi connectivity index (χ4n) is 1.18. The van der Waals surface area contributed by atoms with Gasteiger partial charge in [0, 0.05) is 37.8 Å². The molecule has 3 heteroatoms. The van der Waals surface area contributed by atoms with Crippen molar-refractivity contribution in [3.63, 3.8) is 0 Å². The molecule has 0 aromatic carbocycles. The number of aromatic nitrogens is 1. The van der Waals surface area contributed by atoms with E-state index in [2.05, 4.69) is 4.98 Å². The summed E-state index contributed by atoms with van der Waals surface area (Å²) in [6.45, 7) is 1.90. The minimum absolute atomic E-state index is 0.667. The van der Waals surface area contributed by atoms with Crippen LogP contribution in [0.2, 0.25) is 0 Å². The molecule has 1 aromatic heterocycles. The van der Waals surface area contributed by atoms with E-state index in [1.165, 1.54) is 0 Å². The fourth-order valence-corrected chi connectivity index (χ4v) is 1.18. The predicted octanol–water partition coefficient (Wildman–Crippen LogP) is 1.49. The van der Waals surface area contributed by atoms with Crippen LogP contribution in [0.1, 0.15) is 11.3 Å². The van der Waals surface area contributed by atoms with Crippen LogP contribution in [-0.2, 0) is 4.79 Å². The van der Waals surface area contributed by atoms with Crippen molar-refractivity contribution < 1.29 is 4.79 Å². The van der Waals surface area contributed by atoms with Crippen LogP contribution in [-0.4, -0.2) is 30.3 Å². The molecule has 1 heterocycles. The van der Waals surface area contributed by atoms with E-state index in [1.54, 1.807) is 12.4 Å². The van der Waals surface area contributed by atoms with Crippen LogP contribution in [0.5, 0.6) is 0 Å². The van der Waals surface area contributed by atoms with Crippen LogP contribution in [0.3, 0.4) is 0 Å². The summed E-state index contributed by atoms with van der Waals surface area (Å²) < 4.78 is 0. The van der Waals surface area contributed by atoms with E-state index in [-0.39, 0.29) is 0 Å².